The van der Waals surface area contributed by atoms with E-state index in [0.717, 1.165) is 12.8 Å². The third-order valence-electron chi connectivity index (χ3n) is 2.72. The molecule has 0 heterocycles. The zero-order valence-corrected chi connectivity index (χ0v) is 10.4. The minimum atomic E-state index is 0.0105. The summed E-state index contributed by atoms with van der Waals surface area (Å²) >= 11 is 2.44. The van der Waals surface area contributed by atoms with Crippen molar-refractivity contribution >= 4 is 28.6 Å². The predicted molar refractivity (Wildman–Crippen MR) is 60.9 cm³/mol. The Morgan fingerprint density at radius 3 is 2.85 bits per heavy atom. The lowest BCUT2D eigenvalue weighted by Crippen LogP contribution is -2.31. The minimum absolute atomic E-state index is 0.0105. The van der Waals surface area contributed by atoms with Crippen molar-refractivity contribution in [3.63, 3.8) is 0 Å². The second kappa shape index (κ2) is 5.17. The Morgan fingerprint density at radius 1 is 1.54 bits per heavy atom. The molecule has 0 aromatic rings. The maximum Gasteiger partial charge on any atom is 0.309 e. The quantitative estimate of drug-likeness (QED) is 0.445. The Bertz CT molecular complexity index is 182. The van der Waals surface area contributed by atoms with E-state index in [4.69, 9.17) is 4.74 Å². The summed E-state index contributed by atoms with van der Waals surface area (Å²) in [7, 11) is 0. The van der Waals surface area contributed by atoms with Gasteiger partial charge in [-0.2, -0.15) is 0 Å². The number of alkyl halides is 1. The molecule has 76 valence electrons. The van der Waals surface area contributed by atoms with Crippen LogP contribution in [0.5, 0.6) is 0 Å². The van der Waals surface area contributed by atoms with Crippen LogP contribution in [0.25, 0.3) is 0 Å². The molecule has 0 radical (unpaired) electrons. The van der Waals surface area contributed by atoms with Gasteiger partial charge in [-0.3, -0.25) is 4.79 Å². The van der Waals surface area contributed by atoms with E-state index in [1.807, 2.05) is 6.92 Å². The number of ether oxygens (including phenoxy) is 1. The van der Waals surface area contributed by atoms with Gasteiger partial charge in [-0.15, -0.1) is 0 Å². The average Bonchev–Trinajstić information content (AvgIpc) is 2.09. The number of rotatable bonds is 2. The number of carbonyl (C=O) groups is 1. The molecule has 0 aliphatic heterocycles. The molecule has 0 spiro atoms. The lowest BCUT2D eigenvalue weighted by Gasteiger charge is -2.29. The Balaban J connectivity index is 2.50. The summed E-state index contributed by atoms with van der Waals surface area (Å²) < 4.78 is 5.71. The molecule has 0 amide bonds. The van der Waals surface area contributed by atoms with Gasteiger partial charge in [0, 0.05) is 3.92 Å². The van der Waals surface area contributed by atoms with Gasteiger partial charge in [0.15, 0.2) is 0 Å². The van der Waals surface area contributed by atoms with Crippen LogP contribution in [0.15, 0.2) is 0 Å². The normalized spacial score (nSPS) is 34.2. The largest absolute Gasteiger partial charge is 0.466 e. The van der Waals surface area contributed by atoms with Crippen molar-refractivity contribution in [3.8, 4) is 0 Å². The zero-order valence-electron chi connectivity index (χ0n) is 8.25. The standard InChI is InChI=1S/C10H17IO2/c1-3-13-10(12)9-6-8(11)5-4-7(9)2/h7-9H,3-6H2,1-2H3/t7-,8-,9-/m1/s1. The molecule has 0 aromatic heterocycles. The Kier molecular flexibility index (Phi) is 4.49. The molecular formula is C10H17IO2. The third kappa shape index (κ3) is 3.11. The van der Waals surface area contributed by atoms with E-state index >= 15 is 0 Å². The molecule has 0 saturated heterocycles. The average molecular weight is 296 g/mol. The molecule has 0 N–H and O–H groups in total. The second-order valence-electron chi connectivity index (χ2n) is 3.75. The van der Waals surface area contributed by atoms with Crippen molar-refractivity contribution in [1.29, 1.82) is 0 Å². The van der Waals surface area contributed by atoms with Crippen LogP contribution in [-0.4, -0.2) is 16.5 Å². The van der Waals surface area contributed by atoms with Crippen molar-refractivity contribution in [2.24, 2.45) is 11.8 Å². The molecule has 13 heavy (non-hydrogen) atoms. The predicted octanol–water partition coefficient (Wildman–Crippen LogP) is 2.79. The summed E-state index contributed by atoms with van der Waals surface area (Å²) in [4.78, 5) is 11.5. The maximum atomic E-state index is 11.5. The first-order valence-corrected chi connectivity index (χ1v) is 6.20. The molecular weight excluding hydrogens is 279 g/mol. The molecule has 0 unspecified atom stereocenters. The minimum Gasteiger partial charge on any atom is -0.466 e. The molecule has 0 bridgehead atoms. The summed E-state index contributed by atoms with van der Waals surface area (Å²) in [5.74, 6) is 0.664. The molecule has 0 aromatic carbocycles. The second-order valence-corrected chi connectivity index (χ2v) is 5.51. The summed E-state index contributed by atoms with van der Waals surface area (Å²) in [6.45, 7) is 4.53. The third-order valence-corrected chi connectivity index (χ3v) is 3.85. The number of carbonyl (C=O) groups excluding carboxylic acids is 1. The van der Waals surface area contributed by atoms with Gasteiger partial charge >= 0.3 is 5.97 Å². The Hall–Kier alpha value is 0.200. The van der Waals surface area contributed by atoms with Gasteiger partial charge in [-0.05, 0) is 32.1 Å². The van der Waals surface area contributed by atoms with E-state index in [1.165, 1.54) is 6.42 Å². The highest BCUT2D eigenvalue weighted by Gasteiger charge is 2.32. The molecule has 1 aliphatic carbocycles. The van der Waals surface area contributed by atoms with E-state index in [-0.39, 0.29) is 11.9 Å². The highest BCUT2D eigenvalue weighted by atomic mass is 127. The number of hydrogen-bond acceptors (Lipinski definition) is 2. The smallest absolute Gasteiger partial charge is 0.309 e. The summed E-state index contributed by atoms with van der Waals surface area (Å²) in [5, 5.41) is 0. The van der Waals surface area contributed by atoms with Gasteiger partial charge in [0.1, 0.15) is 0 Å². The summed E-state index contributed by atoms with van der Waals surface area (Å²) in [5.41, 5.74) is 0. The molecule has 1 rings (SSSR count). The molecule has 1 aliphatic rings. The van der Waals surface area contributed by atoms with Gasteiger partial charge in [-0.25, -0.2) is 0 Å². The van der Waals surface area contributed by atoms with Crippen LogP contribution in [0.2, 0.25) is 0 Å². The first kappa shape index (κ1) is 11.3. The van der Waals surface area contributed by atoms with Crippen molar-refractivity contribution in [2.45, 2.75) is 37.0 Å². The van der Waals surface area contributed by atoms with Gasteiger partial charge in [-0.1, -0.05) is 29.5 Å². The molecule has 3 atom stereocenters. The lowest BCUT2D eigenvalue weighted by atomic mass is 9.80. The molecule has 2 nitrogen and oxygen atoms in total. The van der Waals surface area contributed by atoms with Gasteiger partial charge in [0.05, 0.1) is 12.5 Å². The van der Waals surface area contributed by atoms with Crippen LogP contribution in [-0.2, 0) is 9.53 Å². The number of esters is 1. The fourth-order valence-corrected chi connectivity index (χ4v) is 2.76. The van der Waals surface area contributed by atoms with Gasteiger partial charge < -0.3 is 4.74 Å². The maximum absolute atomic E-state index is 11.5. The van der Waals surface area contributed by atoms with Gasteiger partial charge in [0.2, 0.25) is 0 Å². The fraction of sp³-hybridized carbons (Fsp3) is 0.900. The number of hydrogen-bond donors (Lipinski definition) is 0. The first-order chi connectivity index (χ1) is 6.15. The van der Waals surface area contributed by atoms with Crippen molar-refractivity contribution < 1.29 is 9.53 Å². The molecule has 1 fully saturated rings. The highest BCUT2D eigenvalue weighted by Crippen LogP contribution is 2.34. The van der Waals surface area contributed by atoms with Crippen LogP contribution in [0.1, 0.15) is 33.1 Å². The monoisotopic (exact) mass is 296 g/mol. The van der Waals surface area contributed by atoms with Crippen molar-refractivity contribution in [1.82, 2.24) is 0 Å². The van der Waals surface area contributed by atoms with Crippen LogP contribution < -0.4 is 0 Å². The van der Waals surface area contributed by atoms with Gasteiger partial charge in [0.25, 0.3) is 0 Å². The highest BCUT2D eigenvalue weighted by molar-refractivity contribution is 14.1. The Morgan fingerprint density at radius 2 is 2.23 bits per heavy atom. The topological polar surface area (TPSA) is 26.3 Å². The first-order valence-electron chi connectivity index (χ1n) is 4.95. The zero-order chi connectivity index (χ0) is 9.84. The summed E-state index contributed by atoms with van der Waals surface area (Å²) in [6.07, 6.45) is 3.41. The summed E-state index contributed by atoms with van der Waals surface area (Å²) in [6, 6.07) is 0. The Labute approximate surface area is 93.6 Å². The van der Waals surface area contributed by atoms with E-state index in [1.54, 1.807) is 0 Å². The SMILES string of the molecule is CCOC(=O)[C@@H]1C[C@H](I)CC[C@H]1C. The lowest BCUT2D eigenvalue weighted by molar-refractivity contribution is -0.150. The van der Waals surface area contributed by atoms with E-state index in [9.17, 15) is 4.79 Å². The molecule has 3 heteroatoms. The van der Waals surface area contributed by atoms with E-state index in [2.05, 4.69) is 29.5 Å². The fourth-order valence-electron chi connectivity index (χ4n) is 1.85. The van der Waals surface area contributed by atoms with Crippen LogP contribution >= 0.6 is 22.6 Å². The van der Waals surface area contributed by atoms with E-state index in [0.29, 0.717) is 16.4 Å². The van der Waals surface area contributed by atoms with Crippen molar-refractivity contribution in [3.05, 3.63) is 0 Å². The van der Waals surface area contributed by atoms with Crippen LogP contribution in [0.3, 0.4) is 0 Å². The van der Waals surface area contributed by atoms with Crippen molar-refractivity contribution in [2.75, 3.05) is 6.61 Å². The van der Waals surface area contributed by atoms with Crippen LogP contribution in [0.4, 0.5) is 0 Å². The molecule has 1 saturated carbocycles. The van der Waals surface area contributed by atoms with Crippen LogP contribution in [0, 0.1) is 11.8 Å². The van der Waals surface area contributed by atoms with E-state index < -0.39 is 0 Å². The number of halogens is 1.